The Balaban J connectivity index is 3.18. The maximum Gasteiger partial charge on any atom is 0.249 e. The van der Waals surface area contributed by atoms with Crippen LogP contribution in [-0.4, -0.2) is 5.91 Å². The van der Waals surface area contributed by atoms with Crippen molar-refractivity contribution in [3.63, 3.8) is 0 Å². The fourth-order valence-corrected chi connectivity index (χ4v) is 0.801. The van der Waals surface area contributed by atoms with Gasteiger partial charge in [0.15, 0.2) is 1.41 Å². The fraction of sp³-hybridized carbons (Fsp3) is 0. The van der Waals surface area contributed by atoms with Gasteiger partial charge in [-0.25, -0.2) is 0 Å². The summed E-state index contributed by atoms with van der Waals surface area (Å²) in [5.74, 6) is -0.594. The van der Waals surface area contributed by atoms with E-state index < -0.39 is 5.91 Å². The maximum atomic E-state index is 11.0. The molecular weight excluding hydrogens is 156 g/mol. The van der Waals surface area contributed by atoms with Crippen LogP contribution in [0.1, 0.15) is 10.4 Å². The van der Waals surface area contributed by atoms with Gasteiger partial charge in [0.25, 0.3) is 0 Å². The molecule has 0 spiro atoms. The second-order valence-electron chi connectivity index (χ2n) is 2.04. The lowest BCUT2D eigenvalue weighted by molar-refractivity contribution is 0.100. The Labute approximate surface area is 69.9 Å². The lowest BCUT2D eigenvalue weighted by Crippen LogP contribution is -2.10. The van der Waals surface area contributed by atoms with Crippen molar-refractivity contribution >= 4 is 11.6 Å². The van der Waals surface area contributed by atoms with Crippen LogP contribution in [0.3, 0.4) is 0 Å². The molecule has 0 fully saturated rings. The average Bonchev–Trinajstić information content (AvgIpc) is 2.18. The lowest BCUT2D eigenvalue weighted by Gasteiger charge is -1.97. The van der Waals surface area contributed by atoms with Gasteiger partial charge in [0, 0.05) is 10.5 Å². The molecule has 12 heavy (non-hydrogen) atoms. The Bertz CT molecular complexity index is 373. The van der Waals surface area contributed by atoms with Gasteiger partial charge in [-0.15, -0.1) is 0 Å². The molecule has 0 aliphatic carbocycles. The highest BCUT2D eigenvalue weighted by atomic mass is 16.1. The summed E-state index contributed by atoms with van der Waals surface area (Å²) in [5, 5.41) is 3.31. The third kappa shape index (κ3) is 1.53. The smallest absolute Gasteiger partial charge is 0.249 e. The largest absolute Gasteiger partial charge is 0.366 e. The van der Waals surface area contributed by atoms with Gasteiger partial charge in [0.05, 0.1) is 5.69 Å². The first-order valence-corrected chi connectivity index (χ1v) is 3.16. The molecule has 0 saturated carbocycles. The number of hydrogen-bond acceptors (Lipinski definition) is 2. The van der Waals surface area contributed by atoms with E-state index in [1.807, 2.05) is 0 Å². The molecule has 5 nitrogen and oxygen atoms in total. The van der Waals surface area contributed by atoms with Crippen LogP contribution in [0.25, 0.3) is 10.4 Å². The van der Waals surface area contributed by atoms with Crippen molar-refractivity contribution in [2.45, 2.75) is 0 Å². The number of azide groups is 1. The van der Waals surface area contributed by atoms with Crippen molar-refractivity contribution in [3.8, 4) is 0 Å². The Hall–Kier alpha value is -2.00. The molecule has 0 aliphatic rings. The number of nitrogens with two attached hydrogens (primary N) is 1. The molecule has 0 bridgehead atoms. The van der Waals surface area contributed by atoms with E-state index in [4.69, 9.17) is 6.94 Å². The molecule has 1 aromatic rings. The number of nitrogens with zero attached hydrogens (tertiary/aromatic N) is 3. The van der Waals surface area contributed by atoms with Crippen molar-refractivity contribution in [2.24, 2.45) is 10.8 Å². The van der Waals surface area contributed by atoms with Gasteiger partial charge in [0.1, 0.15) is 0 Å². The lowest BCUT2D eigenvalue weighted by atomic mass is 10.2. The quantitative estimate of drug-likeness (QED) is 0.401. The van der Waals surface area contributed by atoms with E-state index in [2.05, 4.69) is 10.0 Å². The minimum Gasteiger partial charge on any atom is -0.366 e. The Morgan fingerprint density at radius 2 is 2.42 bits per heavy atom. The fourth-order valence-electron chi connectivity index (χ4n) is 0.801. The summed E-state index contributed by atoms with van der Waals surface area (Å²) >= 11 is 0. The Morgan fingerprint density at radius 3 is 3.08 bits per heavy atom. The zero-order valence-corrected chi connectivity index (χ0v) is 6.06. The topological polar surface area (TPSA) is 91.9 Å². The SMILES string of the molecule is [2H]NC(=O)c1ccccc1N=[N+]=[N-]. The third-order valence-corrected chi connectivity index (χ3v) is 1.30. The van der Waals surface area contributed by atoms with Gasteiger partial charge in [-0.2, -0.15) is 0 Å². The van der Waals surface area contributed by atoms with E-state index in [0.29, 0.717) is 0 Å². The average molecular weight is 163 g/mol. The molecule has 1 amide bonds. The maximum absolute atomic E-state index is 11.0. The van der Waals surface area contributed by atoms with Gasteiger partial charge < -0.3 is 5.73 Å². The number of primary amides is 1. The first kappa shape index (κ1) is 6.69. The van der Waals surface area contributed by atoms with E-state index >= 15 is 0 Å². The summed E-state index contributed by atoms with van der Waals surface area (Å²) in [5.41, 5.74) is 10.3. The number of benzene rings is 1. The van der Waals surface area contributed by atoms with Gasteiger partial charge in [0.2, 0.25) is 5.91 Å². The van der Waals surface area contributed by atoms with Crippen LogP contribution in [0, 0.1) is 0 Å². The summed E-state index contributed by atoms with van der Waals surface area (Å²) in [4.78, 5) is 13.6. The van der Waals surface area contributed by atoms with E-state index in [1.54, 1.807) is 17.9 Å². The first-order valence-electron chi connectivity index (χ1n) is 3.66. The molecule has 2 N–H and O–H groups in total. The molecule has 0 aliphatic heterocycles. The summed E-state index contributed by atoms with van der Waals surface area (Å²) in [6.07, 6.45) is 0. The standard InChI is InChI=1S/C7H6N4O/c8-7(12)5-3-1-2-4-6(5)10-11-9/h1-4H,(H2,8,12)/i/hD. The van der Waals surface area contributed by atoms with E-state index in [0.717, 1.165) is 0 Å². The van der Waals surface area contributed by atoms with Crippen LogP contribution in [0.4, 0.5) is 5.69 Å². The normalized spacial score (nSPS) is 9.50. The molecule has 1 aromatic carbocycles. The first-order chi connectivity index (χ1) is 6.29. The van der Waals surface area contributed by atoms with Crippen molar-refractivity contribution in [2.75, 3.05) is 0 Å². The van der Waals surface area contributed by atoms with Crippen molar-refractivity contribution in [1.82, 2.24) is 0 Å². The molecule has 0 radical (unpaired) electrons. The van der Waals surface area contributed by atoms with E-state index in [1.165, 1.54) is 12.1 Å². The van der Waals surface area contributed by atoms with Gasteiger partial charge in [-0.1, -0.05) is 23.3 Å². The highest BCUT2D eigenvalue weighted by Crippen LogP contribution is 2.17. The number of hydrogen-bond donors (Lipinski definition) is 1. The minimum atomic E-state index is -0.594. The number of carbonyl (C=O) groups is 1. The predicted molar refractivity (Wildman–Crippen MR) is 43.8 cm³/mol. The highest BCUT2D eigenvalue weighted by molar-refractivity contribution is 5.97. The molecule has 0 saturated heterocycles. The van der Waals surface area contributed by atoms with Gasteiger partial charge >= 0.3 is 0 Å². The van der Waals surface area contributed by atoms with Crippen LogP contribution in [-0.2, 0) is 0 Å². The molecule has 0 heterocycles. The molecular formula is C7H6N4O. The van der Waals surface area contributed by atoms with Crippen molar-refractivity contribution in [1.29, 1.82) is 0 Å². The zero-order valence-electron chi connectivity index (χ0n) is 7.06. The van der Waals surface area contributed by atoms with Crippen molar-refractivity contribution < 1.29 is 6.21 Å². The summed E-state index contributed by atoms with van der Waals surface area (Å²) in [6, 6.07) is 6.25. The summed E-state index contributed by atoms with van der Waals surface area (Å²) in [7, 11) is 0. The molecule has 60 valence electrons. The summed E-state index contributed by atoms with van der Waals surface area (Å²) < 4.78 is 6.64. The number of rotatable bonds is 2. The molecule has 0 atom stereocenters. The number of amides is 1. The van der Waals surface area contributed by atoms with Crippen LogP contribution < -0.4 is 5.73 Å². The van der Waals surface area contributed by atoms with Gasteiger partial charge in [-0.05, 0) is 11.6 Å². The van der Waals surface area contributed by atoms with E-state index in [-0.39, 0.29) is 11.3 Å². The zero-order chi connectivity index (χ0) is 9.68. The van der Waals surface area contributed by atoms with Gasteiger partial charge in [-0.3, -0.25) is 4.79 Å². The monoisotopic (exact) mass is 163 g/mol. The Morgan fingerprint density at radius 1 is 1.67 bits per heavy atom. The second-order valence-corrected chi connectivity index (χ2v) is 2.04. The highest BCUT2D eigenvalue weighted by Gasteiger charge is 2.03. The number of carbonyl (C=O) groups excluding carboxylic acids is 1. The van der Waals surface area contributed by atoms with Crippen LogP contribution >= 0.6 is 0 Å². The Kier molecular flexibility index (Phi) is 1.90. The molecule has 0 unspecified atom stereocenters. The van der Waals surface area contributed by atoms with E-state index in [9.17, 15) is 4.79 Å². The van der Waals surface area contributed by atoms with Crippen molar-refractivity contribution in [3.05, 3.63) is 40.3 Å². The van der Waals surface area contributed by atoms with Crippen LogP contribution in [0.5, 0.6) is 0 Å². The third-order valence-electron chi connectivity index (χ3n) is 1.30. The predicted octanol–water partition coefficient (Wildman–Crippen LogP) is 1.73. The molecule has 0 aromatic heterocycles. The minimum absolute atomic E-state index is 0.190. The van der Waals surface area contributed by atoms with Crippen LogP contribution in [0.15, 0.2) is 29.4 Å². The second kappa shape index (κ2) is 3.41. The summed E-state index contributed by atoms with van der Waals surface area (Å²) in [6.45, 7) is 0. The van der Waals surface area contributed by atoms with Crippen LogP contribution in [0.2, 0.25) is 1.41 Å². The molecule has 1 rings (SSSR count). The molecule has 5 heteroatoms.